The molecular formula is C14H22N2O4. The minimum Gasteiger partial charge on any atom is -0.391 e. The number of hydrogen-bond acceptors (Lipinski definition) is 5. The Hall–Kier alpha value is -1.50. The summed E-state index contributed by atoms with van der Waals surface area (Å²) in [6, 6.07) is 5.22. The number of methoxy groups -OCH3 is 1. The average molecular weight is 282 g/mol. The van der Waals surface area contributed by atoms with Crippen molar-refractivity contribution in [2.75, 3.05) is 20.3 Å². The van der Waals surface area contributed by atoms with Crippen LogP contribution in [0.3, 0.4) is 0 Å². The van der Waals surface area contributed by atoms with E-state index in [1.165, 1.54) is 0 Å². The highest BCUT2D eigenvalue weighted by Gasteiger charge is 2.14. The van der Waals surface area contributed by atoms with E-state index >= 15 is 0 Å². The average Bonchev–Trinajstić information content (AvgIpc) is 2.39. The van der Waals surface area contributed by atoms with Crippen molar-refractivity contribution < 1.29 is 14.8 Å². The number of rotatable bonds is 8. The van der Waals surface area contributed by atoms with Crippen LogP contribution in [-0.4, -0.2) is 36.4 Å². The second-order valence-electron chi connectivity index (χ2n) is 4.88. The van der Waals surface area contributed by atoms with Gasteiger partial charge in [-0.3, -0.25) is 10.1 Å². The fourth-order valence-corrected chi connectivity index (χ4v) is 1.95. The largest absolute Gasteiger partial charge is 0.391 e. The van der Waals surface area contributed by atoms with E-state index in [-0.39, 0.29) is 16.7 Å². The van der Waals surface area contributed by atoms with Crippen LogP contribution < -0.4 is 5.32 Å². The van der Waals surface area contributed by atoms with Crippen LogP contribution in [0.5, 0.6) is 0 Å². The van der Waals surface area contributed by atoms with Crippen LogP contribution in [-0.2, 0) is 4.74 Å². The van der Waals surface area contributed by atoms with Crippen molar-refractivity contribution in [1.82, 2.24) is 5.32 Å². The Morgan fingerprint density at radius 2 is 2.20 bits per heavy atom. The third-order valence-corrected chi connectivity index (χ3v) is 3.22. The Morgan fingerprint density at radius 1 is 1.50 bits per heavy atom. The molecule has 1 aromatic carbocycles. The number of nitrogens with zero attached hydrogens (tertiary/aromatic N) is 1. The van der Waals surface area contributed by atoms with E-state index in [1.54, 1.807) is 26.2 Å². The van der Waals surface area contributed by atoms with Crippen molar-refractivity contribution in [3.63, 3.8) is 0 Å². The molecule has 0 saturated heterocycles. The first-order valence-electron chi connectivity index (χ1n) is 6.61. The van der Waals surface area contributed by atoms with Crippen LogP contribution in [0.2, 0.25) is 0 Å². The van der Waals surface area contributed by atoms with Crippen LogP contribution in [0.15, 0.2) is 18.2 Å². The molecule has 0 spiro atoms. The van der Waals surface area contributed by atoms with E-state index in [4.69, 9.17) is 4.74 Å². The van der Waals surface area contributed by atoms with Crippen molar-refractivity contribution in [3.05, 3.63) is 39.4 Å². The third-order valence-electron chi connectivity index (χ3n) is 3.22. The molecule has 112 valence electrons. The van der Waals surface area contributed by atoms with Gasteiger partial charge in [0.1, 0.15) is 0 Å². The van der Waals surface area contributed by atoms with Gasteiger partial charge >= 0.3 is 0 Å². The van der Waals surface area contributed by atoms with E-state index in [0.29, 0.717) is 25.1 Å². The van der Waals surface area contributed by atoms with Gasteiger partial charge in [0.2, 0.25) is 0 Å². The number of hydrogen-bond donors (Lipinski definition) is 2. The van der Waals surface area contributed by atoms with Gasteiger partial charge in [0.15, 0.2) is 0 Å². The van der Waals surface area contributed by atoms with Gasteiger partial charge in [-0.1, -0.05) is 12.1 Å². The Kier molecular flexibility index (Phi) is 6.57. The van der Waals surface area contributed by atoms with Gasteiger partial charge in [0.05, 0.1) is 17.6 Å². The Labute approximate surface area is 118 Å². The molecule has 0 amide bonds. The lowest BCUT2D eigenvalue weighted by Crippen LogP contribution is -2.25. The maximum Gasteiger partial charge on any atom is 0.272 e. The molecule has 0 radical (unpaired) electrons. The summed E-state index contributed by atoms with van der Waals surface area (Å²) in [5, 5.41) is 23.7. The van der Waals surface area contributed by atoms with Crippen molar-refractivity contribution in [3.8, 4) is 0 Å². The first-order valence-corrected chi connectivity index (χ1v) is 6.61. The predicted molar refractivity (Wildman–Crippen MR) is 76.8 cm³/mol. The van der Waals surface area contributed by atoms with Gasteiger partial charge in [-0.25, -0.2) is 0 Å². The van der Waals surface area contributed by atoms with E-state index in [9.17, 15) is 15.2 Å². The smallest absolute Gasteiger partial charge is 0.272 e. The molecule has 2 unspecified atom stereocenters. The standard InChI is InChI=1S/C14H22N2O4/c1-10-4-5-12(8-14(10)16(18)19)11(2)15-7-6-13(17)9-20-3/h4-5,8,11,13,15,17H,6-7,9H2,1-3H3. The van der Waals surface area contributed by atoms with Crippen LogP contribution in [0.4, 0.5) is 5.69 Å². The highest BCUT2D eigenvalue weighted by molar-refractivity contribution is 5.43. The van der Waals surface area contributed by atoms with Crippen molar-refractivity contribution in [2.45, 2.75) is 32.4 Å². The van der Waals surface area contributed by atoms with Gasteiger partial charge < -0.3 is 15.2 Å². The summed E-state index contributed by atoms with van der Waals surface area (Å²) in [6.45, 7) is 4.59. The SMILES string of the molecule is COCC(O)CCNC(C)c1ccc(C)c([N+](=O)[O-])c1. The van der Waals surface area contributed by atoms with Crippen molar-refractivity contribution in [2.24, 2.45) is 0 Å². The number of ether oxygens (including phenoxy) is 1. The molecule has 6 heteroatoms. The zero-order valence-electron chi connectivity index (χ0n) is 12.1. The zero-order valence-corrected chi connectivity index (χ0v) is 12.1. The molecule has 1 aromatic rings. The molecule has 0 saturated carbocycles. The van der Waals surface area contributed by atoms with Gasteiger partial charge in [0.25, 0.3) is 5.69 Å². The molecule has 2 N–H and O–H groups in total. The Bertz CT molecular complexity index is 451. The lowest BCUT2D eigenvalue weighted by molar-refractivity contribution is -0.385. The Balaban J connectivity index is 2.57. The predicted octanol–water partition coefficient (Wildman–Crippen LogP) is 1.95. The molecule has 0 aliphatic rings. The van der Waals surface area contributed by atoms with E-state index < -0.39 is 6.10 Å². The lowest BCUT2D eigenvalue weighted by Gasteiger charge is -2.16. The molecule has 0 heterocycles. The van der Waals surface area contributed by atoms with Crippen molar-refractivity contribution >= 4 is 5.69 Å². The maximum atomic E-state index is 10.9. The minimum atomic E-state index is -0.493. The fraction of sp³-hybridized carbons (Fsp3) is 0.571. The minimum absolute atomic E-state index is 0.0101. The summed E-state index contributed by atoms with van der Waals surface area (Å²) in [6.07, 6.45) is 0.0821. The number of nitro groups is 1. The molecule has 1 rings (SSSR count). The summed E-state index contributed by atoms with van der Waals surface area (Å²) in [7, 11) is 1.55. The first-order chi connectivity index (χ1) is 9.45. The second kappa shape index (κ2) is 7.94. The normalized spacial score (nSPS) is 14.0. The number of nitro benzene ring substituents is 1. The van der Waals surface area contributed by atoms with E-state index in [0.717, 1.165) is 5.56 Å². The number of aliphatic hydroxyl groups excluding tert-OH is 1. The maximum absolute atomic E-state index is 10.9. The number of nitrogens with one attached hydrogen (secondary N) is 1. The Morgan fingerprint density at radius 3 is 2.80 bits per heavy atom. The summed E-state index contributed by atoms with van der Waals surface area (Å²) < 4.78 is 4.85. The quantitative estimate of drug-likeness (QED) is 0.562. The summed E-state index contributed by atoms with van der Waals surface area (Å²) >= 11 is 0. The van der Waals surface area contributed by atoms with Crippen LogP contribution in [0.1, 0.15) is 30.5 Å². The highest BCUT2D eigenvalue weighted by Crippen LogP contribution is 2.23. The molecule has 0 bridgehead atoms. The number of benzene rings is 1. The summed E-state index contributed by atoms with van der Waals surface area (Å²) in [5.74, 6) is 0. The zero-order chi connectivity index (χ0) is 15.1. The van der Waals surface area contributed by atoms with E-state index in [1.807, 2.05) is 13.0 Å². The van der Waals surface area contributed by atoms with E-state index in [2.05, 4.69) is 5.32 Å². The molecular weight excluding hydrogens is 260 g/mol. The lowest BCUT2D eigenvalue weighted by atomic mass is 10.0. The highest BCUT2D eigenvalue weighted by atomic mass is 16.6. The first kappa shape index (κ1) is 16.6. The number of aliphatic hydroxyl groups is 1. The summed E-state index contributed by atoms with van der Waals surface area (Å²) in [4.78, 5) is 10.5. The summed E-state index contributed by atoms with van der Waals surface area (Å²) in [5.41, 5.74) is 1.65. The van der Waals surface area contributed by atoms with Crippen LogP contribution in [0, 0.1) is 17.0 Å². The van der Waals surface area contributed by atoms with Crippen LogP contribution in [0.25, 0.3) is 0 Å². The van der Waals surface area contributed by atoms with Gasteiger partial charge in [-0.05, 0) is 32.4 Å². The monoisotopic (exact) mass is 282 g/mol. The molecule has 0 aliphatic carbocycles. The molecule has 0 aromatic heterocycles. The molecule has 20 heavy (non-hydrogen) atoms. The molecule has 2 atom stereocenters. The molecule has 6 nitrogen and oxygen atoms in total. The van der Waals surface area contributed by atoms with Gasteiger partial charge in [-0.2, -0.15) is 0 Å². The number of aryl methyl sites for hydroxylation is 1. The van der Waals surface area contributed by atoms with Crippen molar-refractivity contribution in [1.29, 1.82) is 0 Å². The molecule has 0 aliphatic heterocycles. The van der Waals surface area contributed by atoms with Crippen LogP contribution >= 0.6 is 0 Å². The van der Waals surface area contributed by atoms with Gasteiger partial charge in [0, 0.05) is 24.8 Å². The fourth-order valence-electron chi connectivity index (χ4n) is 1.95. The topological polar surface area (TPSA) is 84.6 Å². The van der Waals surface area contributed by atoms with Gasteiger partial charge in [-0.15, -0.1) is 0 Å². The third kappa shape index (κ3) is 4.88. The second-order valence-corrected chi connectivity index (χ2v) is 4.88. The molecule has 0 fully saturated rings.